The Morgan fingerprint density at radius 3 is 2.44 bits per heavy atom. The van der Waals surface area contributed by atoms with Gasteiger partial charge in [-0.2, -0.15) is 0 Å². The highest BCUT2D eigenvalue weighted by molar-refractivity contribution is 5.97. The van der Waals surface area contributed by atoms with E-state index in [0.29, 0.717) is 24.4 Å². The lowest BCUT2D eigenvalue weighted by Gasteiger charge is -2.32. The molecule has 8 heteroatoms. The summed E-state index contributed by atoms with van der Waals surface area (Å²) in [5.74, 6) is 0.524. The smallest absolute Gasteiger partial charge is 0.411 e. The Kier molecular flexibility index (Phi) is 9.94. The highest BCUT2D eigenvalue weighted by Gasteiger charge is 2.24. The number of hydrogen-bond donors (Lipinski definition) is 2. The average Bonchev–Trinajstić information content (AvgIpc) is 2.97. The predicted octanol–water partition coefficient (Wildman–Crippen LogP) is 4.87. The molecule has 39 heavy (non-hydrogen) atoms. The van der Waals surface area contributed by atoms with Gasteiger partial charge < -0.3 is 24.6 Å². The number of likely N-dealkylation sites (N-methyl/N-ethyl adjacent to an activating group) is 1. The molecule has 1 heterocycles. The van der Waals surface area contributed by atoms with Gasteiger partial charge in [0.15, 0.2) is 0 Å². The lowest BCUT2D eigenvalue weighted by Crippen LogP contribution is -2.42. The van der Waals surface area contributed by atoms with Gasteiger partial charge in [-0.1, -0.05) is 54.6 Å². The zero-order valence-corrected chi connectivity index (χ0v) is 23.0. The summed E-state index contributed by atoms with van der Waals surface area (Å²) in [6.07, 6.45) is 0.944. The number of nitrogens with zero attached hydrogens (tertiary/aromatic N) is 2. The molecule has 0 unspecified atom stereocenters. The quantitative estimate of drug-likeness (QED) is 0.389. The molecule has 206 valence electrons. The van der Waals surface area contributed by atoms with Crippen molar-refractivity contribution < 1.29 is 19.1 Å². The number of ether oxygens (including phenoxy) is 2. The van der Waals surface area contributed by atoms with Crippen molar-refractivity contribution in [1.29, 1.82) is 0 Å². The molecule has 3 aromatic rings. The minimum absolute atomic E-state index is 0.0615. The molecule has 1 fully saturated rings. The zero-order chi connectivity index (χ0) is 27.6. The number of piperidine rings is 1. The predicted molar refractivity (Wildman–Crippen MR) is 154 cm³/mol. The third-order valence-electron chi connectivity index (χ3n) is 7.03. The number of carbonyl (C=O) groups is 2. The third-order valence-corrected chi connectivity index (χ3v) is 7.03. The van der Waals surface area contributed by atoms with E-state index < -0.39 is 6.09 Å². The van der Waals surface area contributed by atoms with Crippen LogP contribution in [0.5, 0.6) is 5.75 Å². The molecule has 0 bridgehead atoms. The number of rotatable bonds is 10. The first-order valence-corrected chi connectivity index (χ1v) is 13.4. The van der Waals surface area contributed by atoms with Crippen molar-refractivity contribution in [2.45, 2.75) is 25.5 Å². The van der Waals surface area contributed by atoms with Crippen molar-refractivity contribution in [2.75, 3.05) is 52.7 Å². The molecule has 0 spiro atoms. The fourth-order valence-corrected chi connectivity index (χ4v) is 4.83. The lowest BCUT2D eigenvalue weighted by atomic mass is 10.0. The van der Waals surface area contributed by atoms with Crippen LogP contribution in [0, 0.1) is 0 Å². The van der Waals surface area contributed by atoms with Crippen LogP contribution < -0.4 is 15.4 Å². The third kappa shape index (κ3) is 7.59. The molecule has 0 saturated carbocycles. The van der Waals surface area contributed by atoms with Gasteiger partial charge in [0.2, 0.25) is 0 Å². The summed E-state index contributed by atoms with van der Waals surface area (Å²) in [4.78, 5) is 29.8. The first-order valence-electron chi connectivity index (χ1n) is 13.4. The van der Waals surface area contributed by atoms with Crippen LogP contribution >= 0.6 is 0 Å². The van der Waals surface area contributed by atoms with Gasteiger partial charge in [-0.15, -0.1) is 0 Å². The van der Waals surface area contributed by atoms with E-state index in [9.17, 15) is 9.59 Å². The standard InChI is InChI=1S/C31H38N4O4/c1-32-22-23-13-14-27(29(21-23)38-3)30(36)34(2)19-20-35-17-15-25(16-18-35)39-31(37)33-28-12-8-7-11-26(28)24-9-5-4-6-10-24/h4-14,21,25,32H,15-20,22H2,1-3H3,(H,33,37). The van der Waals surface area contributed by atoms with E-state index in [1.54, 1.807) is 12.0 Å². The normalized spacial score (nSPS) is 14.0. The van der Waals surface area contributed by atoms with Crippen LogP contribution in [0.15, 0.2) is 72.8 Å². The summed E-state index contributed by atoms with van der Waals surface area (Å²) in [7, 11) is 5.29. The number of anilines is 1. The van der Waals surface area contributed by atoms with Crippen LogP contribution in [0.2, 0.25) is 0 Å². The molecule has 0 aliphatic carbocycles. The number of nitrogens with one attached hydrogen (secondary N) is 2. The number of para-hydroxylation sites is 1. The second kappa shape index (κ2) is 13.8. The molecule has 0 radical (unpaired) electrons. The maximum atomic E-state index is 13.1. The SMILES string of the molecule is CNCc1ccc(C(=O)N(C)CCN2CCC(OC(=O)Nc3ccccc3-c3ccccc3)CC2)c(OC)c1. The van der Waals surface area contributed by atoms with Gasteiger partial charge in [0.1, 0.15) is 11.9 Å². The Balaban J connectivity index is 1.23. The van der Waals surface area contributed by atoms with Crippen molar-refractivity contribution >= 4 is 17.7 Å². The van der Waals surface area contributed by atoms with Crippen molar-refractivity contribution in [3.8, 4) is 16.9 Å². The molecule has 1 aliphatic rings. The maximum Gasteiger partial charge on any atom is 0.411 e. The average molecular weight is 531 g/mol. The highest BCUT2D eigenvalue weighted by Crippen LogP contribution is 2.28. The summed E-state index contributed by atoms with van der Waals surface area (Å²) in [5.41, 5.74) is 4.34. The molecule has 2 amide bonds. The highest BCUT2D eigenvalue weighted by atomic mass is 16.6. The van der Waals surface area contributed by atoms with Crippen LogP contribution in [-0.4, -0.2) is 75.3 Å². The number of carbonyl (C=O) groups excluding carboxylic acids is 2. The summed E-state index contributed by atoms with van der Waals surface area (Å²) < 4.78 is 11.2. The van der Waals surface area contributed by atoms with Crippen LogP contribution in [0.4, 0.5) is 10.5 Å². The molecule has 0 aromatic heterocycles. The van der Waals surface area contributed by atoms with Crippen molar-refractivity contribution in [3.63, 3.8) is 0 Å². The van der Waals surface area contributed by atoms with E-state index in [-0.39, 0.29) is 12.0 Å². The van der Waals surface area contributed by atoms with E-state index in [4.69, 9.17) is 9.47 Å². The topological polar surface area (TPSA) is 83.1 Å². The van der Waals surface area contributed by atoms with E-state index in [2.05, 4.69) is 15.5 Å². The van der Waals surface area contributed by atoms with E-state index in [1.165, 1.54) is 0 Å². The summed E-state index contributed by atoms with van der Waals surface area (Å²) in [6.45, 7) is 3.68. The summed E-state index contributed by atoms with van der Waals surface area (Å²) in [5, 5.41) is 6.03. The Labute approximate surface area is 230 Å². The van der Waals surface area contributed by atoms with E-state index in [1.807, 2.05) is 86.9 Å². The van der Waals surface area contributed by atoms with E-state index >= 15 is 0 Å². The van der Waals surface area contributed by atoms with Crippen LogP contribution in [0.3, 0.4) is 0 Å². The summed E-state index contributed by atoms with van der Waals surface area (Å²) in [6, 6.07) is 23.4. The molecular formula is C31H38N4O4. The first kappa shape index (κ1) is 28.1. The molecule has 8 nitrogen and oxygen atoms in total. The van der Waals surface area contributed by atoms with Crippen molar-refractivity contribution in [1.82, 2.24) is 15.1 Å². The molecule has 0 atom stereocenters. The Morgan fingerprint density at radius 2 is 1.72 bits per heavy atom. The lowest BCUT2D eigenvalue weighted by molar-refractivity contribution is 0.0539. The zero-order valence-electron chi connectivity index (χ0n) is 23.0. The van der Waals surface area contributed by atoms with Gasteiger partial charge in [-0.05, 0) is 49.2 Å². The number of amides is 2. The van der Waals surface area contributed by atoms with Crippen molar-refractivity contribution in [2.24, 2.45) is 0 Å². The fraction of sp³-hybridized carbons (Fsp3) is 0.355. The van der Waals surface area contributed by atoms with Gasteiger partial charge in [0, 0.05) is 45.3 Å². The van der Waals surface area contributed by atoms with Gasteiger partial charge >= 0.3 is 6.09 Å². The van der Waals surface area contributed by atoms with Crippen LogP contribution in [0.25, 0.3) is 11.1 Å². The van der Waals surface area contributed by atoms with Crippen LogP contribution in [0.1, 0.15) is 28.8 Å². The molecule has 1 saturated heterocycles. The minimum atomic E-state index is -0.433. The maximum absolute atomic E-state index is 13.1. The Morgan fingerprint density at radius 1 is 1.00 bits per heavy atom. The molecule has 3 aromatic carbocycles. The number of likely N-dealkylation sites (tertiary alicyclic amines) is 1. The second-order valence-electron chi connectivity index (χ2n) is 9.77. The molecule has 2 N–H and O–H groups in total. The van der Waals surface area contributed by atoms with E-state index in [0.717, 1.165) is 54.9 Å². The number of benzene rings is 3. The molecule has 1 aliphatic heterocycles. The fourth-order valence-electron chi connectivity index (χ4n) is 4.83. The van der Waals surface area contributed by atoms with Gasteiger partial charge in [-0.3, -0.25) is 10.1 Å². The first-order chi connectivity index (χ1) is 19.0. The summed E-state index contributed by atoms with van der Waals surface area (Å²) >= 11 is 0. The largest absolute Gasteiger partial charge is 0.496 e. The minimum Gasteiger partial charge on any atom is -0.496 e. The van der Waals surface area contributed by atoms with Gasteiger partial charge in [0.25, 0.3) is 5.91 Å². The monoisotopic (exact) mass is 530 g/mol. The molecule has 4 rings (SSSR count). The Hall–Kier alpha value is -3.88. The van der Waals surface area contributed by atoms with Gasteiger partial charge in [-0.25, -0.2) is 4.79 Å². The number of methoxy groups -OCH3 is 1. The van der Waals surface area contributed by atoms with Crippen molar-refractivity contribution in [3.05, 3.63) is 83.9 Å². The molecular weight excluding hydrogens is 492 g/mol. The second-order valence-corrected chi connectivity index (χ2v) is 9.77. The number of hydrogen-bond acceptors (Lipinski definition) is 6. The van der Waals surface area contributed by atoms with Gasteiger partial charge in [0.05, 0.1) is 18.4 Å². The Bertz CT molecular complexity index is 1240. The van der Waals surface area contributed by atoms with Crippen LogP contribution in [-0.2, 0) is 11.3 Å².